The molecule has 0 aliphatic rings. The van der Waals surface area contributed by atoms with Gasteiger partial charge >= 0.3 is 0 Å². The van der Waals surface area contributed by atoms with Crippen LogP contribution in [0.3, 0.4) is 0 Å². The van der Waals surface area contributed by atoms with Gasteiger partial charge in [-0.1, -0.05) is 32.0 Å². The van der Waals surface area contributed by atoms with Crippen LogP contribution in [0.2, 0.25) is 0 Å². The van der Waals surface area contributed by atoms with E-state index in [9.17, 15) is 8.42 Å². The van der Waals surface area contributed by atoms with Gasteiger partial charge in [0.1, 0.15) is 6.07 Å². The maximum Gasteiger partial charge on any atom is 0.248 e. The first kappa shape index (κ1) is 22.6. The smallest absolute Gasteiger partial charge is 0.248 e. The van der Waals surface area contributed by atoms with E-state index < -0.39 is 14.9 Å². The van der Waals surface area contributed by atoms with Gasteiger partial charge in [-0.25, -0.2) is 13.6 Å². The molecule has 162 valence electrons. The average Bonchev–Trinajstić information content (AvgIpc) is 3.10. The normalized spacial score (nSPS) is 12.2. The second kappa shape index (κ2) is 9.38. The molecule has 0 aliphatic heterocycles. The number of anilines is 1. The lowest BCUT2D eigenvalue weighted by molar-refractivity contribution is 0.605. The monoisotopic (exact) mass is 436 g/mol. The van der Waals surface area contributed by atoms with Gasteiger partial charge in [0.2, 0.25) is 10.0 Å². The van der Waals surface area contributed by atoms with Gasteiger partial charge in [0.15, 0.2) is 4.91 Å². The summed E-state index contributed by atoms with van der Waals surface area (Å²) < 4.78 is 24.9. The van der Waals surface area contributed by atoms with Gasteiger partial charge in [0.25, 0.3) is 0 Å². The zero-order valence-electron chi connectivity index (χ0n) is 18.2. The predicted octanol–water partition coefficient (Wildman–Crippen LogP) is 4.62. The van der Waals surface area contributed by atoms with Crippen molar-refractivity contribution in [1.82, 2.24) is 4.57 Å². The number of nitriles is 1. The first-order valence-electron chi connectivity index (χ1n) is 10.4. The minimum absolute atomic E-state index is 0.463. The fourth-order valence-corrected chi connectivity index (χ4v) is 4.19. The molecule has 0 spiro atoms. The summed E-state index contributed by atoms with van der Waals surface area (Å²) in [6.45, 7) is 6.48. The molecule has 31 heavy (non-hydrogen) atoms. The molecule has 1 heterocycles. The lowest BCUT2D eigenvalue weighted by Crippen LogP contribution is -2.24. The molecule has 0 amide bonds. The average molecular weight is 437 g/mol. The summed E-state index contributed by atoms with van der Waals surface area (Å²) >= 11 is 0. The van der Waals surface area contributed by atoms with Gasteiger partial charge in [0, 0.05) is 37.2 Å². The molecule has 0 aliphatic carbocycles. The molecule has 1 aromatic heterocycles. The van der Waals surface area contributed by atoms with Crippen LogP contribution in [0.5, 0.6) is 0 Å². The highest BCUT2D eigenvalue weighted by molar-refractivity contribution is 7.93. The van der Waals surface area contributed by atoms with Gasteiger partial charge in [0.05, 0.1) is 0 Å². The highest BCUT2D eigenvalue weighted by atomic mass is 32.2. The first-order valence-corrected chi connectivity index (χ1v) is 11.9. The molecule has 2 aromatic carbocycles. The predicted molar refractivity (Wildman–Crippen MR) is 128 cm³/mol. The summed E-state index contributed by atoms with van der Waals surface area (Å²) in [6.07, 6.45) is 3.52. The number of hydrogen-bond acceptors (Lipinski definition) is 4. The second-order valence-corrected chi connectivity index (χ2v) is 9.13. The van der Waals surface area contributed by atoms with Crippen molar-refractivity contribution < 1.29 is 8.42 Å². The topological polar surface area (TPSA) is 92.1 Å². The molecule has 0 fully saturated rings. The molecule has 0 saturated heterocycles. The van der Waals surface area contributed by atoms with Gasteiger partial charge in [-0.05, 0) is 65.6 Å². The van der Waals surface area contributed by atoms with E-state index in [1.54, 1.807) is 12.1 Å². The summed E-state index contributed by atoms with van der Waals surface area (Å²) in [5, 5.41) is 16.5. The van der Waals surface area contributed by atoms with Crippen LogP contribution in [0.4, 0.5) is 5.69 Å². The highest BCUT2D eigenvalue weighted by Gasteiger charge is 2.14. The van der Waals surface area contributed by atoms with E-state index in [4.69, 9.17) is 10.4 Å². The van der Waals surface area contributed by atoms with Crippen LogP contribution in [-0.2, 0) is 17.1 Å². The lowest BCUT2D eigenvalue weighted by atomic mass is 10.0. The van der Waals surface area contributed by atoms with Gasteiger partial charge in [-0.2, -0.15) is 5.26 Å². The number of rotatable bonds is 8. The van der Waals surface area contributed by atoms with E-state index >= 15 is 0 Å². The van der Waals surface area contributed by atoms with Crippen LogP contribution in [0.1, 0.15) is 32.4 Å². The third kappa shape index (κ3) is 4.98. The van der Waals surface area contributed by atoms with Crippen LogP contribution >= 0.6 is 0 Å². The summed E-state index contributed by atoms with van der Waals surface area (Å²) in [7, 11) is -2.22. The Morgan fingerprint density at radius 2 is 1.71 bits per heavy atom. The molecule has 6 nitrogen and oxygen atoms in total. The van der Waals surface area contributed by atoms with Gasteiger partial charge in [-0.15, -0.1) is 0 Å². The maximum atomic E-state index is 11.5. The van der Waals surface area contributed by atoms with Crippen LogP contribution in [0.25, 0.3) is 28.1 Å². The zero-order chi connectivity index (χ0) is 22.6. The number of nitrogens with two attached hydrogens (primary N) is 1. The molecular weight excluding hydrogens is 408 g/mol. The molecule has 7 heteroatoms. The second-order valence-electron chi connectivity index (χ2n) is 7.60. The Morgan fingerprint density at radius 3 is 2.32 bits per heavy atom. The summed E-state index contributed by atoms with van der Waals surface area (Å²) in [5.41, 5.74) is 3.76. The third-order valence-corrected chi connectivity index (χ3v) is 6.15. The summed E-state index contributed by atoms with van der Waals surface area (Å²) in [4.78, 5) is 1.96. The van der Waals surface area contributed by atoms with Gasteiger partial charge in [-0.3, -0.25) is 0 Å². The number of benzene rings is 2. The maximum absolute atomic E-state index is 11.5. The Labute approximate surface area is 184 Å². The van der Waals surface area contributed by atoms with Crippen molar-refractivity contribution >= 4 is 32.6 Å². The van der Waals surface area contributed by atoms with Crippen molar-refractivity contribution in [3.8, 4) is 17.3 Å². The first-order chi connectivity index (χ1) is 14.8. The van der Waals surface area contributed by atoms with E-state index in [0.717, 1.165) is 42.6 Å². The van der Waals surface area contributed by atoms with Crippen LogP contribution < -0.4 is 10.0 Å². The van der Waals surface area contributed by atoms with E-state index in [-0.39, 0.29) is 0 Å². The van der Waals surface area contributed by atoms with Crippen LogP contribution in [0, 0.1) is 11.3 Å². The molecule has 0 bridgehead atoms. The van der Waals surface area contributed by atoms with Crippen LogP contribution in [-0.4, -0.2) is 26.1 Å². The Bertz CT molecular complexity index is 1260. The number of hydrogen-bond donors (Lipinski definition) is 1. The van der Waals surface area contributed by atoms with E-state index in [1.807, 2.05) is 17.7 Å². The van der Waals surface area contributed by atoms with Crippen molar-refractivity contribution in [2.45, 2.75) is 26.7 Å². The SMILES string of the molecule is CCCN(CCC)c1ccc2cc(-c3ccc(/C=C(\C#N)S(N)(=O)=O)n3C)ccc2c1. The van der Waals surface area contributed by atoms with E-state index in [1.165, 1.54) is 17.1 Å². The number of aromatic nitrogens is 1. The Balaban J connectivity index is 1.98. The fraction of sp³-hybridized carbons (Fsp3) is 0.292. The third-order valence-electron chi connectivity index (χ3n) is 5.33. The number of primary sulfonamides is 1. The van der Waals surface area contributed by atoms with Gasteiger partial charge < -0.3 is 9.47 Å². The van der Waals surface area contributed by atoms with Crippen molar-refractivity contribution in [2.75, 3.05) is 18.0 Å². The summed E-state index contributed by atoms with van der Waals surface area (Å²) in [6, 6.07) is 18.2. The molecule has 0 atom stereocenters. The summed E-state index contributed by atoms with van der Waals surface area (Å²) in [5.74, 6) is 0. The number of nitrogens with zero attached hydrogens (tertiary/aromatic N) is 3. The standard InChI is InChI=1S/C24H28N4O2S/c1-4-12-28(13-5-2)22-9-8-18-14-20(7-6-19(18)15-22)24-11-10-21(27(24)3)16-23(17-25)31(26,29)30/h6-11,14-16H,4-5,12-13H2,1-3H3,(H2,26,29,30)/b23-16+. The highest BCUT2D eigenvalue weighted by Crippen LogP contribution is 2.29. The molecule has 3 aromatic rings. The van der Waals surface area contributed by atoms with Crippen molar-refractivity contribution in [3.63, 3.8) is 0 Å². The Kier molecular flexibility index (Phi) is 6.84. The molecule has 3 rings (SSSR count). The molecule has 0 unspecified atom stereocenters. The fourth-order valence-electron chi connectivity index (χ4n) is 3.77. The molecule has 2 N–H and O–H groups in total. The lowest BCUT2D eigenvalue weighted by Gasteiger charge is -2.24. The number of sulfonamides is 1. The number of fused-ring (bicyclic) bond motifs is 1. The largest absolute Gasteiger partial charge is 0.372 e. The minimum atomic E-state index is -4.05. The Hall–Kier alpha value is -3.08. The van der Waals surface area contributed by atoms with Crippen molar-refractivity contribution in [3.05, 3.63) is 59.1 Å². The number of allylic oxidation sites excluding steroid dienone is 1. The van der Waals surface area contributed by atoms with E-state index in [2.05, 4.69) is 55.1 Å². The molecule has 0 radical (unpaired) electrons. The van der Waals surface area contributed by atoms with Crippen LogP contribution in [0.15, 0.2) is 53.4 Å². The van der Waals surface area contributed by atoms with Crippen molar-refractivity contribution in [2.24, 2.45) is 12.2 Å². The minimum Gasteiger partial charge on any atom is -0.372 e. The van der Waals surface area contributed by atoms with E-state index in [0.29, 0.717) is 5.69 Å². The quantitative estimate of drug-likeness (QED) is 0.521. The molecular formula is C24H28N4O2S. The zero-order valence-corrected chi connectivity index (χ0v) is 19.0. The Morgan fingerprint density at radius 1 is 1.06 bits per heavy atom. The molecule has 0 saturated carbocycles. The van der Waals surface area contributed by atoms with Crippen molar-refractivity contribution in [1.29, 1.82) is 5.26 Å².